The van der Waals surface area contributed by atoms with Gasteiger partial charge in [-0.15, -0.1) is 11.8 Å². The minimum absolute atomic E-state index is 0.00831. The second kappa shape index (κ2) is 12.7. The first-order valence-electron chi connectivity index (χ1n) is 10.3. The third kappa shape index (κ3) is 7.03. The molecule has 0 N–H and O–H groups in total. The number of benzene rings is 1. The standard InChI is InChI=1S/C21H26N2O8S2/c1-4-30-10-11-32-20(14(3)24)19(22-17(25)12-18(22)33(29)5-2)21(26)31-13-15-6-8-16(9-7-15)23(27)28/h6-9,18H,4-5,10-13H2,1-3H3. The van der Waals surface area contributed by atoms with E-state index in [9.17, 15) is 29.1 Å². The number of ketones is 1. The molecule has 1 aliphatic rings. The van der Waals surface area contributed by atoms with Gasteiger partial charge in [0, 0.05) is 24.5 Å². The molecule has 33 heavy (non-hydrogen) atoms. The predicted octanol–water partition coefficient (Wildman–Crippen LogP) is 2.54. The van der Waals surface area contributed by atoms with E-state index < -0.39 is 39.1 Å². The number of non-ortho nitro benzene ring substituents is 1. The van der Waals surface area contributed by atoms with Crippen molar-refractivity contribution in [1.82, 2.24) is 4.90 Å². The van der Waals surface area contributed by atoms with Gasteiger partial charge in [-0.05, 0) is 49.6 Å². The van der Waals surface area contributed by atoms with Crippen molar-refractivity contribution in [2.45, 2.75) is 39.2 Å². The molecule has 1 amide bonds. The molecule has 0 radical (unpaired) electrons. The van der Waals surface area contributed by atoms with Gasteiger partial charge in [0.2, 0.25) is 11.3 Å². The smallest absolute Gasteiger partial charge is 0.356 e. The summed E-state index contributed by atoms with van der Waals surface area (Å²) in [5.41, 5.74) is 0.158. The van der Waals surface area contributed by atoms with Gasteiger partial charge in [-0.25, -0.2) is 4.79 Å². The van der Waals surface area contributed by atoms with Crippen molar-refractivity contribution in [3.05, 3.63) is 50.5 Å². The van der Waals surface area contributed by atoms with Crippen LogP contribution in [0.3, 0.4) is 0 Å². The van der Waals surface area contributed by atoms with Gasteiger partial charge < -0.3 is 14.0 Å². The molecule has 1 aliphatic heterocycles. The van der Waals surface area contributed by atoms with Gasteiger partial charge in [0.25, 0.3) is 5.69 Å². The SMILES string of the molecule is CCOCCSC(C(C)=O)=C(C(=O)OCc1ccc([N+](=O)[O-])cc1)N1C(=O)CC1[S+]([O-])CC. The number of allylic oxidation sites excluding steroid dienone is 1. The Balaban J connectivity index is 2.31. The number of hydrogen-bond donors (Lipinski definition) is 0. The molecule has 10 nitrogen and oxygen atoms in total. The second-order valence-electron chi connectivity index (χ2n) is 6.87. The zero-order valence-electron chi connectivity index (χ0n) is 18.6. The van der Waals surface area contributed by atoms with Crippen LogP contribution in [0.4, 0.5) is 5.69 Å². The number of thioether (sulfide) groups is 1. The number of Topliss-reactive ketones (excluding diaryl/α,β-unsaturated/α-hetero) is 1. The summed E-state index contributed by atoms with van der Waals surface area (Å²) in [4.78, 5) is 49.3. The number of β-lactam (4-membered cyclic amide) rings is 1. The van der Waals surface area contributed by atoms with E-state index in [1.165, 1.54) is 31.2 Å². The van der Waals surface area contributed by atoms with E-state index in [1.54, 1.807) is 6.92 Å². The molecule has 12 heteroatoms. The summed E-state index contributed by atoms with van der Waals surface area (Å²) in [6.45, 7) is 5.42. The maximum atomic E-state index is 13.1. The number of carbonyl (C=O) groups excluding carboxylic acids is 3. The first-order chi connectivity index (χ1) is 15.7. The Bertz CT molecular complexity index is 919. The van der Waals surface area contributed by atoms with Gasteiger partial charge in [0.1, 0.15) is 12.4 Å². The van der Waals surface area contributed by atoms with E-state index in [4.69, 9.17) is 9.47 Å². The van der Waals surface area contributed by atoms with Gasteiger partial charge >= 0.3 is 5.97 Å². The number of nitrogens with zero attached hydrogens (tertiary/aromatic N) is 2. The highest BCUT2D eigenvalue weighted by atomic mass is 32.2. The molecule has 0 saturated carbocycles. The number of amides is 1. The van der Waals surface area contributed by atoms with Crippen LogP contribution in [0.2, 0.25) is 0 Å². The number of esters is 1. The van der Waals surface area contributed by atoms with E-state index in [-0.39, 0.29) is 35.1 Å². The summed E-state index contributed by atoms with van der Waals surface area (Å²) in [5.74, 6) is -1.11. The molecular weight excluding hydrogens is 472 g/mol. The summed E-state index contributed by atoms with van der Waals surface area (Å²) >= 11 is -0.334. The van der Waals surface area contributed by atoms with Crippen molar-refractivity contribution >= 4 is 46.3 Å². The highest BCUT2D eigenvalue weighted by molar-refractivity contribution is 8.04. The second-order valence-corrected chi connectivity index (χ2v) is 9.86. The number of nitro groups is 1. The summed E-state index contributed by atoms with van der Waals surface area (Å²) in [6.07, 6.45) is 0.00831. The molecule has 1 fully saturated rings. The van der Waals surface area contributed by atoms with Crippen LogP contribution in [-0.2, 0) is 41.6 Å². The van der Waals surface area contributed by atoms with Crippen LogP contribution >= 0.6 is 11.8 Å². The van der Waals surface area contributed by atoms with Crippen molar-refractivity contribution < 1.29 is 33.3 Å². The predicted molar refractivity (Wildman–Crippen MR) is 123 cm³/mol. The molecule has 180 valence electrons. The number of nitro benzene ring substituents is 1. The van der Waals surface area contributed by atoms with Crippen molar-refractivity contribution in [2.75, 3.05) is 24.7 Å². The fourth-order valence-corrected chi connectivity index (χ4v) is 5.07. The average molecular weight is 499 g/mol. The van der Waals surface area contributed by atoms with Crippen LogP contribution < -0.4 is 0 Å². The molecule has 0 aliphatic carbocycles. The molecule has 2 atom stereocenters. The number of ether oxygens (including phenoxy) is 2. The fraction of sp³-hybridized carbons (Fsp3) is 0.476. The third-order valence-corrected chi connectivity index (χ3v) is 7.35. The molecule has 1 aromatic carbocycles. The quantitative estimate of drug-likeness (QED) is 0.0763. The van der Waals surface area contributed by atoms with Crippen LogP contribution in [0.25, 0.3) is 0 Å². The largest absolute Gasteiger partial charge is 0.615 e. The molecule has 2 rings (SSSR count). The minimum atomic E-state index is -1.40. The van der Waals surface area contributed by atoms with Crippen molar-refractivity contribution in [1.29, 1.82) is 0 Å². The summed E-state index contributed by atoms with van der Waals surface area (Å²) in [7, 11) is 0. The van der Waals surface area contributed by atoms with Crippen LogP contribution in [0, 0.1) is 10.1 Å². The number of rotatable bonds is 13. The third-order valence-electron chi connectivity index (χ3n) is 4.66. The molecule has 1 saturated heterocycles. The van der Waals surface area contributed by atoms with E-state index in [1.807, 2.05) is 6.92 Å². The zero-order valence-corrected chi connectivity index (χ0v) is 20.2. The summed E-state index contributed by atoms with van der Waals surface area (Å²) in [6, 6.07) is 5.45. The molecule has 1 heterocycles. The zero-order chi connectivity index (χ0) is 24.5. The monoisotopic (exact) mass is 498 g/mol. The maximum absolute atomic E-state index is 13.1. The molecular formula is C21H26N2O8S2. The Kier molecular flexibility index (Phi) is 10.4. The highest BCUT2D eigenvalue weighted by Gasteiger charge is 2.49. The Labute approximate surface area is 199 Å². The van der Waals surface area contributed by atoms with Crippen LogP contribution in [0.5, 0.6) is 0 Å². The lowest BCUT2D eigenvalue weighted by Gasteiger charge is -2.40. The van der Waals surface area contributed by atoms with Crippen LogP contribution in [0.15, 0.2) is 34.9 Å². The first-order valence-corrected chi connectivity index (χ1v) is 12.6. The lowest BCUT2D eigenvalue weighted by atomic mass is 10.1. The first kappa shape index (κ1) is 26.8. The van der Waals surface area contributed by atoms with E-state index in [0.29, 0.717) is 24.5 Å². The Hall–Kier alpha value is -2.41. The lowest BCUT2D eigenvalue weighted by molar-refractivity contribution is -0.384. The molecule has 0 aromatic heterocycles. The van der Waals surface area contributed by atoms with Crippen LogP contribution in [-0.4, -0.2) is 62.1 Å². The topological polar surface area (TPSA) is 139 Å². The fourth-order valence-electron chi connectivity index (χ4n) is 2.97. The molecule has 1 aromatic rings. The van der Waals surface area contributed by atoms with E-state index in [0.717, 1.165) is 16.7 Å². The minimum Gasteiger partial charge on any atom is -0.615 e. The average Bonchev–Trinajstić information content (AvgIpc) is 2.79. The highest BCUT2D eigenvalue weighted by Crippen LogP contribution is 2.35. The maximum Gasteiger partial charge on any atom is 0.356 e. The number of carbonyl (C=O) groups is 3. The molecule has 0 bridgehead atoms. The van der Waals surface area contributed by atoms with Gasteiger partial charge in [-0.1, -0.05) is 0 Å². The van der Waals surface area contributed by atoms with Crippen molar-refractivity contribution in [3.8, 4) is 0 Å². The number of likely N-dealkylation sites (tertiary alicyclic amines) is 1. The van der Waals surface area contributed by atoms with Gasteiger partial charge in [0.05, 0.1) is 22.9 Å². The van der Waals surface area contributed by atoms with Crippen molar-refractivity contribution in [3.63, 3.8) is 0 Å². The van der Waals surface area contributed by atoms with Gasteiger partial charge in [0.15, 0.2) is 11.5 Å². The molecule has 0 spiro atoms. The lowest BCUT2D eigenvalue weighted by Crippen LogP contribution is -2.57. The van der Waals surface area contributed by atoms with Crippen LogP contribution in [0.1, 0.15) is 32.8 Å². The molecule has 2 unspecified atom stereocenters. The number of hydrogen-bond acceptors (Lipinski definition) is 9. The normalized spacial score (nSPS) is 17.2. The summed E-state index contributed by atoms with van der Waals surface area (Å²) < 4.78 is 23.1. The summed E-state index contributed by atoms with van der Waals surface area (Å²) in [5, 5.41) is 10.1. The Morgan fingerprint density at radius 2 is 1.94 bits per heavy atom. The van der Waals surface area contributed by atoms with Gasteiger partial charge in [-0.3, -0.25) is 24.6 Å². The Morgan fingerprint density at radius 1 is 1.27 bits per heavy atom. The van der Waals surface area contributed by atoms with Gasteiger partial charge in [-0.2, -0.15) is 0 Å². The van der Waals surface area contributed by atoms with Crippen molar-refractivity contribution in [2.24, 2.45) is 0 Å². The van der Waals surface area contributed by atoms with E-state index in [2.05, 4.69) is 0 Å². The van der Waals surface area contributed by atoms with E-state index >= 15 is 0 Å². The Morgan fingerprint density at radius 3 is 2.45 bits per heavy atom.